The Morgan fingerprint density at radius 3 is 2.61 bits per heavy atom. The van der Waals surface area contributed by atoms with Crippen LogP contribution in [-0.2, 0) is 0 Å². The number of thiocarbonyl (C=S) groups is 1. The Morgan fingerprint density at radius 2 is 1.91 bits per heavy atom. The van der Waals surface area contributed by atoms with E-state index in [0.29, 0.717) is 5.11 Å². The Labute approximate surface area is 143 Å². The molecule has 1 aromatic carbocycles. The first kappa shape index (κ1) is 17.3. The van der Waals surface area contributed by atoms with Crippen LogP contribution < -0.4 is 10.7 Å². The summed E-state index contributed by atoms with van der Waals surface area (Å²) in [5.41, 5.74) is 1.02. The highest BCUT2D eigenvalue weighted by Crippen LogP contribution is 2.02. The summed E-state index contributed by atoms with van der Waals surface area (Å²) in [5, 5.41) is 8.84. The summed E-state index contributed by atoms with van der Waals surface area (Å²) in [6.45, 7) is 3.11. The molecule has 0 unspecified atom stereocenters. The van der Waals surface area contributed by atoms with Crippen LogP contribution in [0.5, 0.6) is 0 Å². The summed E-state index contributed by atoms with van der Waals surface area (Å²) in [4.78, 5) is 4.37. The van der Waals surface area contributed by atoms with Crippen molar-refractivity contribution in [2.75, 3.05) is 6.54 Å². The van der Waals surface area contributed by atoms with Crippen LogP contribution in [0.15, 0.2) is 53.8 Å². The van der Waals surface area contributed by atoms with Crippen LogP contribution in [0.4, 0.5) is 0 Å². The first-order chi connectivity index (χ1) is 11.3. The highest BCUT2D eigenvalue weighted by molar-refractivity contribution is 7.80. The second-order valence-electron chi connectivity index (χ2n) is 5.42. The lowest BCUT2D eigenvalue weighted by atomic mass is 10.1. The van der Waals surface area contributed by atoms with E-state index in [2.05, 4.69) is 22.3 Å². The first-order valence-corrected chi connectivity index (χ1v) is 8.63. The third kappa shape index (κ3) is 6.32. The molecule has 0 aliphatic rings. The monoisotopic (exact) mass is 328 g/mol. The third-order valence-electron chi connectivity index (χ3n) is 3.51. The molecule has 122 valence electrons. The van der Waals surface area contributed by atoms with Crippen LogP contribution in [0.3, 0.4) is 0 Å². The Bertz CT molecular complexity index is 644. The fourth-order valence-electron chi connectivity index (χ4n) is 2.23. The maximum Gasteiger partial charge on any atom is 0.193 e. The summed E-state index contributed by atoms with van der Waals surface area (Å²) in [6, 6.07) is 11.9. The molecule has 0 atom stereocenters. The minimum absolute atomic E-state index is 0.528. The van der Waals surface area contributed by atoms with Gasteiger partial charge in [-0.3, -0.25) is 0 Å². The number of rotatable bonds is 7. The predicted molar refractivity (Wildman–Crippen MR) is 98.5 cm³/mol. The molecule has 0 amide bonds. The van der Waals surface area contributed by atoms with Gasteiger partial charge in [-0.1, -0.05) is 50.8 Å². The van der Waals surface area contributed by atoms with Crippen LogP contribution in [0.1, 0.15) is 39.0 Å². The zero-order chi connectivity index (χ0) is 16.3. The van der Waals surface area contributed by atoms with Crippen molar-refractivity contribution < 1.29 is 0 Å². The van der Waals surface area contributed by atoms with E-state index in [4.69, 9.17) is 12.2 Å². The maximum absolute atomic E-state index is 5.25. The molecular weight excluding hydrogens is 304 g/mol. The van der Waals surface area contributed by atoms with Gasteiger partial charge in [0.1, 0.15) is 0 Å². The third-order valence-corrected chi connectivity index (χ3v) is 3.74. The molecule has 0 saturated heterocycles. The van der Waals surface area contributed by atoms with Crippen LogP contribution in [-0.4, -0.2) is 21.4 Å². The van der Waals surface area contributed by atoms with Gasteiger partial charge in [0.05, 0.1) is 17.2 Å². The lowest BCUT2D eigenvalue weighted by molar-refractivity contribution is 0.624. The molecule has 1 N–H and O–H groups in total. The van der Waals surface area contributed by atoms with E-state index in [9.17, 15) is 0 Å². The molecule has 0 aliphatic heterocycles. The standard InChI is InChI=1S/C18H24N4S/c1-2-3-4-5-9-13-19-18(23)21-16-12-14-22(20-15-16)17-10-7-6-8-11-17/h6-8,10-12,14-15H,2-5,9,13H2,1H3,(H,19,23). The molecule has 0 radical (unpaired) electrons. The lowest BCUT2D eigenvalue weighted by Crippen LogP contribution is -2.23. The molecule has 0 spiro atoms. The van der Waals surface area contributed by atoms with E-state index in [1.807, 2.05) is 47.3 Å². The molecule has 1 heterocycles. The number of aromatic nitrogens is 2. The van der Waals surface area contributed by atoms with Crippen LogP contribution in [0, 0.1) is 0 Å². The topological polar surface area (TPSA) is 42.2 Å². The minimum atomic E-state index is 0.528. The van der Waals surface area contributed by atoms with E-state index >= 15 is 0 Å². The van der Waals surface area contributed by atoms with Crippen molar-refractivity contribution in [2.24, 2.45) is 4.99 Å². The largest absolute Gasteiger partial charge is 0.361 e. The average Bonchev–Trinajstić information content (AvgIpc) is 2.59. The molecular formula is C18H24N4S. The smallest absolute Gasteiger partial charge is 0.193 e. The van der Waals surface area contributed by atoms with Gasteiger partial charge in [0.15, 0.2) is 5.11 Å². The summed E-state index contributed by atoms with van der Waals surface area (Å²) in [7, 11) is 0. The van der Waals surface area contributed by atoms with Gasteiger partial charge in [-0.05, 0) is 36.8 Å². The average molecular weight is 328 g/mol. The molecule has 23 heavy (non-hydrogen) atoms. The van der Waals surface area contributed by atoms with Gasteiger partial charge in [0.25, 0.3) is 0 Å². The Hall–Kier alpha value is -2.01. The number of hydrogen-bond acceptors (Lipinski definition) is 2. The molecule has 5 heteroatoms. The summed E-state index contributed by atoms with van der Waals surface area (Å²) < 4.78 is 1.81. The number of hydrogen-bond donors (Lipinski definition) is 1. The van der Waals surface area contributed by atoms with Crippen molar-refractivity contribution in [3.8, 4) is 5.69 Å². The molecule has 4 nitrogen and oxygen atoms in total. The lowest BCUT2D eigenvalue weighted by Gasteiger charge is -2.05. The molecule has 0 bridgehead atoms. The van der Waals surface area contributed by atoms with Crippen molar-refractivity contribution >= 4 is 17.3 Å². The van der Waals surface area contributed by atoms with E-state index < -0.39 is 0 Å². The van der Waals surface area contributed by atoms with Crippen molar-refractivity contribution in [1.29, 1.82) is 0 Å². The second-order valence-corrected chi connectivity index (χ2v) is 5.81. The van der Waals surface area contributed by atoms with Gasteiger partial charge in [0.2, 0.25) is 0 Å². The Balaban J connectivity index is 1.84. The van der Waals surface area contributed by atoms with Crippen molar-refractivity contribution in [1.82, 2.24) is 15.1 Å². The van der Waals surface area contributed by atoms with Gasteiger partial charge in [0, 0.05) is 12.7 Å². The van der Waals surface area contributed by atoms with Gasteiger partial charge in [-0.25, -0.2) is 9.67 Å². The van der Waals surface area contributed by atoms with Crippen molar-refractivity contribution in [2.45, 2.75) is 39.0 Å². The zero-order valence-corrected chi connectivity index (χ0v) is 14.4. The fourth-order valence-corrected chi connectivity index (χ4v) is 2.44. The van der Waals surface area contributed by atoms with Gasteiger partial charge < -0.3 is 5.32 Å². The zero-order valence-electron chi connectivity index (χ0n) is 13.6. The molecule has 0 aliphatic carbocycles. The van der Waals surface area contributed by atoms with Gasteiger partial charge >= 0.3 is 0 Å². The van der Waals surface area contributed by atoms with Crippen molar-refractivity contribution in [3.63, 3.8) is 0 Å². The molecule has 2 rings (SSSR count). The highest BCUT2D eigenvalue weighted by Gasteiger charge is 1.95. The van der Waals surface area contributed by atoms with Gasteiger partial charge in [-0.2, -0.15) is 5.10 Å². The number of unbranched alkanes of at least 4 members (excludes halogenated alkanes) is 4. The summed E-state index contributed by atoms with van der Waals surface area (Å²) >= 11 is 5.25. The molecule has 0 saturated carbocycles. The Kier molecular flexibility index (Phi) is 7.46. The predicted octanol–water partition coefficient (Wildman–Crippen LogP) is 3.62. The maximum atomic E-state index is 5.25. The van der Waals surface area contributed by atoms with E-state index in [-0.39, 0.29) is 0 Å². The number of benzene rings is 1. The second kappa shape index (κ2) is 9.90. The number of nitrogens with one attached hydrogen (secondary N) is 1. The summed E-state index contributed by atoms with van der Waals surface area (Å²) in [5.74, 6) is 0. The number of para-hydroxylation sites is 1. The van der Waals surface area contributed by atoms with E-state index in [0.717, 1.165) is 24.0 Å². The SMILES string of the molecule is CCCCCCCNC(=S)N=c1ccn(-c2ccccc2)nc1. The summed E-state index contributed by atoms with van der Waals surface area (Å²) in [6.07, 6.45) is 9.87. The quantitative estimate of drug-likeness (QED) is 0.623. The van der Waals surface area contributed by atoms with Crippen LogP contribution in [0.25, 0.3) is 5.69 Å². The number of nitrogens with zero attached hydrogens (tertiary/aromatic N) is 3. The van der Waals surface area contributed by atoms with Crippen molar-refractivity contribution in [3.05, 3.63) is 54.1 Å². The molecule has 2 aromatic rings. The highest BCUT2D eigenvalue weighted by atomic mass is 32.1. The van der Waals surface area contributed by atoms with E-state index in [1.165, 1.54) is 25.7 Å². The minimum Gasteiger partial charge on any atom is -0.361 e. The fraction of sp³-hybridized carbons (Fsp3) is 0.389. The molecule has 1 aromatic heterocycles. The molecule has 0 fully saturated rings. The van der Waals surface area contributed by atoms with Crippen LogP contribution >= 0.6 is 12.2 Å². The first-order valence-electron chi connectivity index (χ1n) is 8.22. The van der Waals surface area contributed by atoms with Crippen LogP contribution in [0.2, 0.25) is 0 Å². The van der Waals surface area contributed by atoms with Gasteiger partial charge in [-0.15, -0.1) is 0 Å². The normalized spacial score (nSPS) is 11.4. The Morgan fingerprint density at radius 1 is 1.13 bits per heavy atom. The van der Waals surface area contributed by atoms with E-state index in [1.54, 1.807) is 6.20 Å².